The van der Waals surface area contributed by atoms with Crippen LogP contribution in [0.15, 0.2) is 12.3 Å². The fourth-order valence-electron chi connectivity index (χ4n) is 2.06. The minimum Gasteiger partial charge on any atom is -0.370 e. The second kappa shape index (κ2) is 8.56. The Morgan fingerprint density at radius 1 is 1.33 bits per heavy atom. The zero-order valence-corrected chi connectivity index (χ0v) is 13.3. The topological polar surface area (TPSA) is 48.5 Å². The zero-order valence-electron chi connectivity index (χ0n) is 13.3. The van der Waals surface area contributed by atoms with E-state index < -0.39 is 5.82 Å². The lowest BCUT2D eigenvalue weighted by molar-refractivity contribution is 0.0759. The van der Waals surface area contributed by atoms with Crippen molar-refractivity contribution in [1.82, 2.24) is 14.8 Å². The minimum absolute atomic E-state index is 0.181. The predicted octanol–water partition coefficient (Wildman–Crippen LogP) is 2.07. The standard InChI is InChI=1S/C15H25FN4O/c1-5-17-14-13(10-12(16)11-18-14)15(21)20(6-2)9-7-8-19(3)4/h10-11H,5-9H2,1-4H3,(H,17,18). The van der Waals surface area contributed by atoms with E-state index in [-0.39, 0.29) is 5.91 Å². The van der Waals surface area contributed by atoms with Crippen LogP contribution in [0, 0.1) is 5.82 Å². The molecule has 0 aliphatic rings. The quantitative estimate of drug-likeness (QED) is 0.798. The van der Waals surface area contributed by atoms with Crippen LogP contribution in [0.4, 0.5) is 10.2 Å². The maximum Gasteiger partial charge on any atom is 0.257 e. The van der Waals surface area contributed by atoms with Gasteiger partial charge in [-0.25, -0.2) is 9.37 Å². The van der Waals surface area contributed by atoms with Crippen molar-refractivity contribution in [3.05, 3.63) is 23.6 Å². The van der Waals surface area contributed by atoms with Crippen LogP contribution in [0.1, 0.15) is 30.6 Å². The summed E-state index contributed by atoms with van der Waals surface area (Å²) in [5.41, 5.74) is 0.295. The molecule has 5 nitrogen and oxygen atoms in total. The largest absolute Gasteiger partial charge is 0.370 e. The summed E-state index contributed by atoms with van der Waals surface area (Å²) in [6, 6.07) is 1.25. The summed E-state index contributed by atoms with van der Waals surface area (Å²) >= 11 is 0. The third-order valence-corrected chi connectivity index (χ3v) is 3.13. The summed E-state index contributed by atoms with van der Waals surface area (Å²) in [5.74, 6) is -0.237. The van der Waals surface area contributed by atoms with Gasteiger partial charge in [-0.1, -0.05) is 0 Å². The van der Waals surface area contributed by atoms with Crippen molar-refractivity contribution < 1.29 is 9.18 Å². The molecule has 0 unspecified atom stereocenters. The molecule has 0 spiro atoms. The van der Waals surface area contributed by atoms with Crippen LogP contribution in [-0.4, -0.2) is 61.0 Å². The van der Waals surface area contributed by atoms with Crippen molar-refractivity contribution in [3.63, 3.8) is 0 Å². The Bertz CT molecular complexity index is 465. The number of pyridine rings is 1. The fraction of sp³-hybridized carbons (Fsp3) is 0.600. The summed E-state index contributed by atoms with van der Waals surface area (Å²) < 4.78 is 13.4. The highest BCUT2D eigenvalue weighted by Crippen LogP contribution is 2.16. The Morgan fingerprint density at radius 3 is 2.62 bits per heavy atom. The SMILES string of the molecule is CCNc1ncc(F)cc1C(=O)N(CC)CCCN(C)C. The number of halogens is 1. The van der Waals surface area contributed by atoms with Crippen LogP contribution in [0.5, 0.6) is 0 Å². The van der Waals surface area contributed by atoms with Gasteiger partial charge in [0, 0.05) is 19.6 Å². The van der Waals surface area contributed by atoms with Crippen molar-refractivity contribution in [3.8, 4) is 0 Å². The summed E-state index contributed by atoms with van der Waals surface area (Å²) in [4.78, 5) is 20.3. The van der Waals surface area contributed by atoms with Crippen molar-refractivity contribution in [1.29, 1.82) is 0 Å². The van der Waals surface area contributed by atoms with Gasteiger partial charge in [0.25, 0.3) is 5.91 Å². The van der Waals surface area contributed by atoms with Crippen molar-refractivity contribution in [2.24, 2.45) is 0 Å². The van der Waals surface area contributed by atoms with Gasteiger partial charge in [-0.2, -0.15) is 0 Å². The van der Waals surface area contributed by atoms with E-state index in [9.17, 15) is 9.18 Å². The van der Waals surface area contributed by atoms with Crippen LogP contribution in [0.25, 0.3) is 0 Å². The first-order valence-electron chi connectivity index (χ1n) is 7.33. The van der Waals surface area contributed by atoms with E-state index in [1.54, 1.807) is 4.90 Å². The van der Waals surface area contributed by atoms with E-state index >= 15 is 0 Å². The molecule has 0 aromatic carbocycles. The van der Waals surface area contributed by atoms with Gasteiger partial charge >= 0.3 is 0 Å². The van der Waals surface area contributed by atoms with Gasteiger partial charge in [0.05, 0.1) is 11.8 Å². The zero-order chi connectivity index (χ0) is 15.8. The highest BCUT2D eigenvalue weighted by molar-refractivity contribution is 5.98. The molecule has 1 N–H and O–H groups in total. The lowest BCUT2D eigenvalue weighted by atomic mass is 10.2. The van der Waals surface area contributed by atoms with Gasteiger partial charge in [0.15, 0.2) is 0 Å². The predicted molar refractivity (Wildman–Crippen MR) is 83.1 cm³/mol. The van der Waals surface area contributed by atoms with Crippen molar-refractivity contribution in [2.45, 2.75) is 20.3 Å². The Kier molecular flexibility index (Phi) is 7.08. The van der Waals surface area contributed by atoms with E-state index in [1.165, 1.54) is 6.07 Å². The molecule has 0 radical (unpaired) electrons. The molecule has 0 fully saturated rings. The molecular weight excluding hydrogens is 271 g/mol. The molecule has 0 aliphatic heterocycles. The third-order valence-electron chi connectivity index (χ3n) is 3.13. The minimum atomic E-state index is -0.496. The number of carbonyl (C=O) groups excluding carboxylic acids is 1. The number of aromatic nitrogens is 1. The van der Waals surface area contributed by atoms with Crippen LogP contribution in [-0.2, 0) is 0 Å². The smallest absolute Gasteiger partial charge is 0.257 e. The van der Waals surface area contributed by atoms with E-state index in [1.807, 2.05) is 27.9 Å². The first kappa shape index (κ1) is 17.4. The van der Waals surface area contributed by atoms with Crippen LogP contribution in [0.3, 0.4) is 0 Å². The number of anilines is 1. The number of nitrogens with zero attached hydrogens (tertiary/aromatic N) is 3. The normalized spacial score (nSPS) is 10.8. The first-order chi connectivity index (χ1) is 9.99. The Hall–Kier alpha value is -1.69. The molecule has 1 aromatic heterocycles. The third kappa shape index (κ3) is 5.30. The molecular formula is C15H25FN4O. The average Bonchev–Trinajstić information content (AvgIpc) is 2.45. The molecule has 1 aromatic rings. The molecule has 1 rings (SSSR count). The Balaban J connectivity index is 2.85. The van der Waals surface area contributed by atoms with Gasteiger partial charge in [-0.05, 0) is 47.0 Å². The number of nitrogens with one attached hydrogen (secondary N) is 1. The lowest BCUT2D eigenvalue weighted by Gasteiger charge is -2.23. The maximum absolute atomic E-state index is 13.4. The lowest BCUT2D eigenvalue weighted by Crippen LogP contribution is -2.34. The summed E-state index contributed by atoms with van der Waals surface area (Å²) in [6.45, 7) is 6.61. The molecule has 6 heteroatoms. The van der Waals surface area contributed by atoms with Gasteiger partial charge in [-0.3, -0.25) is 4.79 Å². The Labute approximate surface area is 126 Å². The van der Waals surface area contributed by atoms with Gasteiger partial charge in [0.1, 0.15) is 11.6 Å². The molecule has 1 amide bonds. The van der Waals surface area contributed by atoms with E-state index in [0.29, 0.717) is 31.0 Å². The summed E-state index contributed by atoms with van der Waals surface area (Å²) in [6.07, 6.45) is 2.00. The van der Waals surface area contributed by atoms with Crippen molar-refractivity contribution >= 4 is 11.7 Å². The van der Waals surface area contributed by atoms with Crippen LogP contribution >= 0.6 is 0 Å². The monoisotopic (exact) mass is 296 g/mol. The van der Waals surface area contributed by atoms with Crippen LogP contribution < -0.4 is 5.32 Å². The van der Waals surface area contributed by atoms with Gasteiger partial charge in [-0.15, -0.1) is 0 Å². The molecule has 0 saturated heterocycles. The van der Waals surface area contributed by atoms with Crippen LogP contribution in [0.2, 0.25) is 0 Å². The first-order valence-corrected chi connectivity index (χ1v) is 7.33. The molecule has 0 bridgehead atoms. The number of rotatable bonds is 8. The molecule has 21 heavy (non-hydrogen) atoms. The van der Waals surface area contributed by atoms with Gasteiger partial charge in [0.2, 0.25) is 0 Å². The maximum atomic E-state index is 13.4. The molecule has 0 saturated carbocycles. The molecule has 0 aliphatic carbocycles. The summed E-state index contributed by atoms with van der Waals surface area (Å²) in [7, 11) is 4.00. The van der Waals surface area contributed by atoms with E-state index in [4.69, 9.17) is 0 Å². The molecule has 118 valence electrons. The molecule has 1 heterocycles. The Morgan fingerprint density at radius 2 is 2.05 bits per heavy atom. The highest BCUT2D eigenvalue weighted by Gasteiger charge is 2.19. The second-order valence-corrected chi connectivity index (χ2v) is 5.12. The number of carbonyl (C=O) groups is 1. The summed E-state index contributed by atoms with van der Waals surface area (Å²) in [5, 5.41) is 3.00. The molecule has 0 atom stereocenters. The number of amides is 1. The fourth-order valence-corrected chi connectivity index (χ4v) is 2.06. The highest BCUT2D eigenvalue weighted by atomic mass is 19.1. The van der Waals surface area contributed by atoms with E-state index in [2.05, 4.69) is 15.2 Å². The second-order valence-electron chi connectivity index (χ2n) is 5.12. The van der Waals surface area contributed by atoms with Gasteiger partial charge < -0.3 is 15.1 Å². The average molecular weight is 296 g/mol. The van der Waals surface area contributed by atoms with Crippen molar-refractivity contribution in [2.75, 3.05) is 45.6 Å². The number of hydrogen-bond donors (Lipinski definition) is 1. The number of hydrogen-bond acceptors (Lipinski definition) is 4. The van der Waals surface area contributed by atoms with E-state index in [0.717, 1.165) is 19.2 Å².